The molecule has 0 spiro atoms. The number of hydrogen-bond donors (Lipinski definition) is 5. The van der Waals surface area contributed by atoms with Crippen molar-refractivity contribution in [2.75, 3.05) is 6.54 Å². The van der Waals surface area contributed by atoms with Crippen LogP contribution in [0.5, 0.6) is 0 Å². The Bertz CT molecular complexity index is 1060. The molecule has 3 rings (SSSR count). The maximum Gasteiger partial charge on any atom is 0.243 e. The third-order valence-electron chi connectivity index (χ3n) is 6.63. The average Bonchev–Trinajstić information content (AvgIpc) is 3.25. The van der Waals surface area contributed by atoms with E-state index in [1.54, 1.807) is 6.92 Å². The van der Waals surface area contributed by atoms with E-state index in [1.807, 2.05) is 44.3 Å². The van der Waals surface area contributed by atoms with Crippen molar-refractivity contribution in [1.29, 1.82) is 0 Å². The first-order valence-electron chi connectivity index (χ1n) is 13.0. The standard InChI is InChI=1S/C27H39N5O4/c1-17(2)24-27(36)28-14-10-6-4-5-7-13-23(33)30-18(3)25(34)31-22(26(35)32-24)15-19-16-29-21-12-9-8-11-20(19)21/h8-9,11-12,16-18,22,24,29H,4-7,10,13-15H2,1-3H3,(H,28,36)(H,30,33)(H,31,34)(H,32,35)/t18-,22+,24-/m0/s1. The number of carbonyl (C=O) groups excluding carboxylic acids is 4. The molecule has 1 saturated heterocycles. The maximum absolute atomic E-state index is 13.4. The van der Waals surface area contributed by atoms with E-state index in [0.29, 0.717) is 13.0 Å². The molecule has 2 aromatic rings. The van der Waals surface area contributed by atoms with Gasteiger partial charge >= 0.3 is 0 Å². The summed E-state index contributed by atoms with van der Waals surface area (Å²) in [5.41, 5.74) is 1.80. The number of aromatic amines is 1. The van der Waals surface area contributed by atoms with Crippen LogP contribution in [0.1, 0.15) is 64.9 Å². The Balaban J connectivity index is 1.84. The van der Waals surface area contributed by atoms with Crippen LogP contribution in [-0.4, -0.2) is 53.3 Å². The molecule has 1 aromatic carbocycles. The Hall–Kier alpha value is -3.36. The second-order valence-corrected chi connectivity index (χ2v) is 9.95. The Morgan fingerprint density at radius 3 is 2.36 bits per heavy atom. The highest BCUT2D eigenvalue weighted by Crippen LogP contribution is 2.19. The molecule has 3 atom stereocenters. The van der Waals surface area contributed by atoms with Crippen LogP contribution in [0.3, 0.4) is 0 Å². The summed E-state index contributed by atoms with van der Waals surface area (Å²) in [4.78, 5) is 54.8. The van der Waals surface area contributed by atoms with Crippen molar-refractivity contribution >= 4 is 34.5 Å². The largest absolute Gasteiger partial charge is 0.361 e. The van der Waals surface area contributed by atoms with Crippen molar-refractivity contribution in [3.8, 4) is 0 Å². The molecule has 36 heavy (non-hydrogen) atoms. The quantitative estimate of drug-likeness (QED) is 0.445. The topological polar surface area (TPSA) is 132 Å². The van der Waals surface area contributed by atoms with Crippen molar-refractivity contribution in [3.05, 3.63) is 36.0 Å². The summed E-state index contributed by atoms with van der Waals surface area (Å²) in [6.45, 7) is 5.89. The molecule has 1 aromatic heterocycles. The monoisotopic (exact) mass is 497 g/mol. The number of para-hydroxylation sites is 1. The minimum absolute atomic E-state index is 0.137. The highest BCUT2D eigenvalue weighted by atomic mass is 16.2. The summed E-state index contributed by atoms with van der Waals surface area (Å²) < 4.78 is 0. The van der Waals surface area contributed by atoms with Crippen LogP contribution < -0.4 is 21.3 Å². The summed E-state index contributed by atoms with van der Waals surface area (Å²) in [6, 6.07) is 5.29. The Morgan fingerprint density at radius 2 is 1.58 bits per heavy atom. The number of nitrogens with one attached hydrogen (secondary N) is 5. The van der Waals surface area contributed by atoms with E-state index in [9.17, 15) is 19.2 Å². The fourth-order valence-corrected chi connectivity index (χ4v) is 4.46. The SMILES string of the molecule is CC(C)[C@@H]1NC(=O)[C@@H](Cc2c[nH]c3ccccc23)NC(=O)[C@H](C)NC(=O)CCCCCCCNC1=O. The minimum Gasteiger partial charge on any atom is -0.361 e. The van der Waals surface area contributed by atoms with Crippen LogP contribution in [0.25, 0.3) is 10.9 Å². The number of rotatable bonds is 3. The summed E-state index contributed by atoms with van der Waals surface area (Å²) in [6.07, 6.45) is 6.83. The first-order chi connectivity index (χ1) is 17.3. The molecule has 1 aliphatic heterocycles. The molecule has 9 nitrogen and oxygen atoms in total. The lowest BCUT2D eigenvalue weighted by molar-refractivity contribution is -0.134. The lowest BCUT2D eigenvalue weighted by Crippen LogP contribution is -2.58. The fraction of sp³-hybridized carbons (Fsp3) is 0.556. The van der Waals surface area contributed by atoms with E-state index < -0.39 is 29.9 Å². The van der Waals surface area contributed by atoms with E-state index in [1.165, 1.54) is 0 Å². The Labute approximate surface area is 212 Å². The van der Waals surface area contributed by atoms with Gasteiger partial charge in [0, 0.05) is 36.5 Å². The summed E-state index contributed by atoms with van der Waals surface area (Å²) in [5.74, 6) is -1.43. The molecule has 4 amide bonds. The lowest BCUT2D eigenvalue weighted by Gasteiger charge is -2.26. The van der Waals surface area contributed by atoms with Gasteiger partial charge in [-0.1, -0.05) is 51.3 Å². The zero-order valence-corrected chi connectivity index (χ0v) is 21.5. The molecule has 0 bridgehead atoms. The number of amides is 4. The third-order valence-corrected chi connectivity index (χ3v) is 6.63. The number of hydrogen-bond acceptors (Lipinski definition) is 4. The van der Waals surface area contributed by atoms with Gasteiger partial charge in [-0.25, -0.2) is 0 Å². The molecule has 1 fully saturated rings. The van der Waals surface area contributed by atoms with Crippen molar-refractivity contribution in [1.82, 2.24) is 26.3 Å². The van der Waals surface area contributed by atoms with Crippen molar-refractivity contribution in [2.24, 2.45) is 5.92 Å². The molecule has 9 heteroatoms. The van der Waals surface area contributed by atoms with Gasteiger partial charge in [0.15, 0.2) is 0 Å². The smallest absolute Gasteiger partial charge is 0.243 e. The van der Waals surface area contributed by atoms with Gasteiger partial charge in [-0.2, -0.15) is 0 Å². The van der Waals surface area contributed by atoms with Crippen LogP contribution in [0.2, 0.25) is 0 Å². The zero-order valence-electron chi connectivity index (χ0n) is 21.5. The van der Waals surface area contributed by atoms with E-state index >= 15 is 0 Å². The predicted molar refractivity (Wildman–Crippen MR) is 139 cm³/mol. The molecule has 1 aliphatic rings. The Kier molecular flexibility index (Phi) is 9.90. The molecule has 0 aliphatic carbocycles. The highest BCUT2D eigenvalue weighted by molar-refractivity contribution is 5.95. The van der Waals surface area contributed by atoms with Crippen LogP contribution in [0, 0.1) is 5.92 Å². The van der Waals surface area contributed by atoms with E-state index in [4.69, 9.17) is 0 Å². The summed E-state index contributed by atoms with van der Waals surface area (Å²) in [7, 11) is 0. The van der Waals surface area contributed by atoms with Gasteiger partial charge in [0.1, 0.15) is 18.1 Å². The highest BCUT2D eigenvalue weighted by Gasteiger charge is 2.30. The Morgan fingerprint density at radius 1 is 0.861 bits per heavy atom. The number of carbonyl (C=O) groups is 4. The molecule has 0 unspecified atom stereocenters. The van der Waals surface area contributed by atoms with Crippen LogP contribution in [-0.2, 0) is 25.6 Å². The third kappa shape index (κ3) is 7.57. The van der Waals surface area contributed by atoms with Crippen LogP contribution >= 0.6 is 0 Å². The molecule has 196 valence electrons. The van der Waals surface area contributed by atoms with Gasteiger partial charge in [-0.15, -0.1) is 0 Å². The molecular formula is C27H39N5O4. The average molecular weight is 498 g/mol. The van der Waals surface area contributed by atoms with Gasteiger partial charge in [0.05, 0.1) is 0 Å². The minimum atomic E-state index is -0.927. The fourth-order valence-electron chi connectivity index (χ4n) is 4.46. The molecule has 0 radical (unpaired) electrons. The first-order valence-corrected chi connectivity index (χ1v) is 13.0. The lowest BCUT2D eigenvalue weighted by atomic mass is 10.00. The molecule has 2 heterocycles. The maximum atomic E-state index is 13.4. The van der Waals surface area contributed by atoms with Gasteiger partial charge in [0.2, 0.25) is 23.6 Å². The second kappa shape index (κ2) is 13.1. The van der Waals surface area contributed by atoms with Crippen molar-refractivity contribution < 1.29 is 19.2 Å². The zero-order chi connectivity index (χ0) is 26.1. The van der Waals surface area contributed by atoms with Gasteiger partial charge in [-0.05, 0) is 37.3 Å². The summed E-state index contributed by atoms with van der Waals surface area (Å²) in [5, 5.41) is 12.3. The second-order valence-electron chi connectivity index (χ2n) is 9.95. The van der Waals surface area contributed by atoms with E-state index in [-0.39, 0.29) is 24.2 Å². The molecule has 5 N–H and O–H groups in total. The van der Waals surface area contributed by atoms with Crippen LogP contribution in [0.4, 0.5) is 0 Å². The number of benzene rings is 1. The number of aromatic nitrogens is 1. The number of H-pyrrole nitrogens is 1. The van der Waals surface area contributed by atoms with Gasteiger partial charge in [-0.3, -0.25) is 19.2 Å². The normalized spacial score (nSPS) is 23.8. The van der Waals surface area contributed by atoms with Gasteiger partial charge in [0.25, 0.3) is 0 Å². The number of fused-ring (bicyclic) bond motifs is 1. The van der Waals surface area contributed by atoms with E-state index in [2.05, 4.69) is 26.3 Å². The van der Waals surface area contributed by atoms with Crippen LogP contribution in [0.15, 0.2) is 30.5 Å². The van der Waals surface area contributed by atoms with E-state index in [0.717, 1.165) is 48.6 Å². The van der Waals surface area contributed by atoms with Crippen molar-refractivity contribution in [3.63, 3.8) is 0 Å². The van der Waals surface area contributed by atoms with Gasteiger partial charge < -0.3 is 26.3 Å². The first kappa shape index (κ1) is 27.2. The predicted octanol–water partition coefficient (Wildman–Crippen LogP) is 2.31. The molecule has 0 saturated carbocycles. The molecular weight excluding hydrogens is 458 g/mol. The summed E-state index contributed by atoms with van der Waals surface area (Å²) >= 11 is 0. The van der Waals surface area contributed by atoms with Crippen molar-refractivity contribution in [2.45, 2.75) is 83.8 Å².